The van der Waals surface area contributed by atoms with Crippen LogP contribution in [-0.2, 0) is 10.0 Å². The molecule has 1 fully saturated rings. The first kappa shape index (κ1) is 12.1. The van der Waals surface area contributed by atoms with Crippen molar-refractivity contribution < 1.29 is 8.42 Å². The van der Waals surface area contributed by atoms with E-state index in [1.165, 1.54) is 6.20 Å². The first-order valence-corrected chi connectivity index (χ1v) is 7.71. The van der Waals surface area contributed by atoms with E-state index >= 15 is 0 Å². The number of nitrogens with zero attached hydrogens (tertiary/aromatic N) is 2. The van der Waals surface area contributed by atoms with Gasteiger partial charge in [0.05, 0.1) is 11.9 Å². The molecular formula is C9H14BrN3O2S. The van der Waals surface area contributed by atoms with Crippen LogP contribution in [0.4, 0.5) is 0 Å². The lowest BCUT2D eigenvalue weighted by Gasteiger charge is -2.20. The molecule has 1 aromatic rings. The highest BCUT2D eigenvalue weighted by molar-refractivity contribution is 9.09. The first-order valence-electron chi connectivity index (χ1n) is 5.15. The summed E-state index contributed by atoms with van der Waals surface area (Å²) in [4.78, 5) is 0.292. The molecule has 0 bridgehead atoms. The molecule has 1 aromatic heterocycles. The Kier molecular flexibility index (Phi) is 3.37. The summed E-state index contributed by atoms with van der Waals surface area (Å²) >= 11 is 3.29. The van der Waals surface area contributed by atoms with Crippen molar-refractivity contribution in [3.8, 4) is 0 Å². The third-order valence-corrected chi connectivity index (χ3v) is 5.05. The van der Waals surface area contributed by atoms with Gasteiger partial charge in [0.15, 0.2) is 0 Å². The average molecular weight is 308 g/mol. The van der Waals surface area contributed by atoms with Crippen LogP contribution in [0.5, 0.6) is 0 Å². The van der Waals surface area contributed by atoms with E-state index < -0.39 is 10.0 Å². The fraction of sp³-hybridized carbons (Fsp3) is 0.667. The fourth-order valence-corrected chi connectivity index (χ4v) is 4.09. The van der Waals surface area contributed by atoms with Crippen LogP contribution in [0.2, 0.25) is 0 Å². The maximum absolute atomic E-state index is 12.3. The van der Waals surface area contributed by atoms with Crippen LogP contribution in [0.25, 0.3) is 0 Å². The Bertz CT molecular complexity index is 467. The number of alkyl halides is 1. The highest BCUT2D eigenvalue weighted by Crippen LogP contribution is 2.32. The smallest absolute Gasteiger partial charge is 0.246 e. The van der Waals surface area contributed by atoms with Crippen LogP contribution in [-0.4, -0.2) is 40.8 Å². The van der Waals surface area contributed by atoms with Gasteiger partial charge in [-0.05, 0) is 19.8 Å². The van der Waals surface area contributed by atoms with E-state index in [1.807, 2.05) is 0 Å². The Hall–Kier alpha value is -0.400. The van der Waals surface area contributed by atoms with Crippen molar-refractivity contribution in [2.24, 2.45) is 0 Å². The number of rotatable bonds is 5. The van der Waals surface area contributed by atoms with E-state index in [-0.39, 0.29) is 6.04 Å². The van der Waals surface area contributed by atoms with E-state index in [0.29, 0.717) is 22.5 Å². The first-order chi connectivity index (χ1) is 7.57. The monoisotopic (exact) mass is 307 g/mol. The number of nitrogens with one attached hydrogen (secondary N) is 1. The summed E-state index contributed by atoms with van der Waals surface area (Å²) in [5.74, 6) is 0. The molecule has 0 amide bonds. The second-order valence-corrected chi connectivity index (χ2v) is 6.55. The van der Waals surface area contributed by atoms with E-state index in [4.69, 9.17) is 0 Å². The minimum atomic E-state index is -3.38. The van der Waals surface area contributed by atoms with Crippen molar-refractivity contribution in [3.05, 3.63) is 11.9 Å². The summed E-state index contributed by atoms with van der Waals surface area (Å²) < 4.78 is 26.2. The molecule has 1 aliphatic carbocycles. The van der Waals surface area contributed by atoms with Crippen LogP contribution in [0.1, 0.15) is 18.5 Å². The molecule has 0 radical (unpaired) electrons. The van der Waals surface area contributed by atoms with Gasteiger partial charge in [-0.3, -0.25) is 5.10 Å². The molecule has 5 nitrogen and oxygen atoms in total. The summed E-state index contributed by atoms with van der Waals surface area (Å²) in [5, 5.41) is 7.08. The van der Waals surface area contributed by atoms with Gasteiger partial charge in [0.1, 0.15) is 4.90 Å². The molecule has 90 valence electrons. The molecule has 0 unspecified atom stereocenters. The molecule has 1 heterocycles. The van der Waals surface area contributed by atoms with Gasteiger partial charge in [0.25, 0.3) is 0 Å². The minimum Gasteiger partial charge on any atom is -0.281 e. The maximum atomic E-state index is 12.3. The molecule has 16 heavy (non-hydrogen) atoms. The number of sulfonamides is 1. The molecule has 0 saturated heterocycles. The van der Waals surface area contributed by atoms with Gasteiger partial charge in [0.2, 0.25) is 10.0 Å². The number of H-pyrrole nitrogens is 1. The topological polar surface area (TPSA) is 66.1 Å². The molecule has 2 rings (SSSR count). The van der Waals surface area contributed by atoms with Crippen LogP contribution < -0.4 is 0 Å². The van der Waals surface area contributed by atoms with Gasteiger partial charge in [-0.25, -0.2) is 8.42 Å². The number of aromatic amines is 1. The van der Waals surface area contributed by atoms with Crippen molar-refractivity contribution in [1.82, 2.24) is 14.5 Å². The maximum Gasteiger partial charge on any atom is 0.246 e. The predicted molar refractivity (Wildman–Crippen MR) is 64.0 cm³/mol. The highest BCUT2D eigenvalue weighted by atomic mass is 79.9. The van der Waals surface area contributed by atoms with Crippen LogP contribution in [0.15, 0.2) is 11.1 Å². The van der Waals surface area contributed by atoms with Gasteiger partial charge in [-0.1, -0.05) is 15.9 Å². The predicted octanol–water partition coefficient (Wildman–Crippen LogP) is 1.27. The molecule has 1 N–H and O–H groups in total. The summed E-state index contributed by atoms with van der Waals surface area (Å²) in [6.07, 6.45) is 3.31. The van der Waals surface area contributed by atoms with Crippen molar-refractivity contribution in [3.63, 3.8) is 0 Å². The van der Waals surface area contributed by atoms with E-state index in [1.54, 1.807) is 11.2 Å². The number of hydrogen-bond acceptors (Lipinski definition) is 3. The van der Waals surface area contributed by atoms with Gasteiger partial charge in [-0.2, -0.15) is 9.40 Å². The molecule has 7 heteroatoms. The lowest BCUT2D eigenvalue weighted by atomic mass is 10.5. The Labute approximate surface area is 103 Å². The minimum absolute atomic E-state index is 0.178. The molecule has 0 aromatic carbocycles. The summed E-state index contributed by atoms with van der Waals surface area (Å²) in [7, 11) is -3.38. The van der Waals surface area contributed by atoms with Crippen LogP contribution in [0, 0.1) is 6.92 Å². The van der Waals surface area contributed by atoms with Crippen molar-refractivity contribution in [2.45, 2.75) is 30.7 Å². The second-order valence-electron chi connectivity index (χ2n) is 3.90. The SMILES string of the molecule is Cc1[nH]ncc1S(=O)(=O)N(CCBr)C1CC1. The lowest BCUT2D eigenvalue weighted by molar-refractivity contribution is 0.424. The number of aryl methyl sites for hydroxylation is 1. The average Bonchev–Trinajstić information content (AvgIpc) is 2.96. The zero-order valence-electron chi connectivity index (χ0n) is 8.98. The number of halogens is 1. The Morgan fingerprint density at radius 2 is 2.31 bits per heavy atom. The Balaban J connectivity index is 2.32. The summed E-state index contributed by atoms with van der Waals surface area (Å²) in [6, 6.07) is 0.178. The van der Waals surface area contributed by atoms with Crippen molar-refractivity contribution in [1.29, 1.82) is 0 Å². The molecular weight excluding hydrogens is 294 g/mol. The van der Waals surface area contributed by atoms with Crippen molar-refractivity contribution >= 4 is 26.0 Å². The second kappa shape index (κ2) is 4.46. The van der Waals surface area contributed by atoms with E-state index in [0.717, 1.165) is 12.8 Å². The van der Waals surface area contributed by atoms with Gasteiger partial charge in [0, 0.05) is 17.9 Å². The number of hydrogen-bond donors (Lipinski definition) is 1. The van der Waals surface area contributed by atoms with Crippen molar-refractivity contribution in [2.75, 3.05) is 11.9 Å². The van der Waals surface area contributed by atoms with E-state index in [2.05, 4.69) is 26.1 Å². The third kappa shape index (κ3) is 2.16. The van der Waals surface area contributed by atoms with E-state index in [9.17, 15) is 8.42 Å². The third-order valence-electron chi connectivity index (χ3n) is 2.63. The summed E-state index contributed by atoms with van der Waals surface area (Å²) in [5.41, 5.74) is 0.597. The molecule has 1 saturated carbocycles. The van der Waals surface area contributed by atoms with Crippen LogP contribution >= 0.6 is 15.9 Å². The Morgan fingerprint density at radius 1 is 1.62 bits per heavy atom. The largest absolute Gasteiger partial charge is 0.281 e. The van der Waals surface area contributed by atoms with Gasteiger partial charge < -0.3 is 0 Å². The normalized spacial score (nSPS) is 16.9. The standard InChI is InChI=1S/C9H14BrN3O2S/c1-7-9(6-11-12-7)16(14,15)13(5-4-10)8-2-3-8/h6,8H,2-5H2,1H3,(H,11,12). The van der Waals surface area contributed by atoms with Gasteiger partial charge in [-0.15, -0.1) is 0 Å². The highest BCUT2D eigenvalue weighted by Gasteiger charge is 2.38. The zero-order chi connectivity index (χ0) is 11.8. The lowest BCUT2D eigenvalue weighted by Crippen LogP contribution is -2.34. The fourth-order valence-electron chi connectivity index (χ4n) is 1.67. The molecule has 1 aliphatic rings. The van der Waals surface area contributed by atoms with Gasteiger partial charge >= 0.3 is 0 Å². The Morgan fingerprint density at radius 3 is 2.75 bits per heavy atom. The molecule has 0 aliphatic heterocycles. The molecule has 0 atom stereocenters. The summed E-state index contributed by atoms with van der Waals surface area (Å²) in [6.45, 7) is 2.23. The quantitative estimate of drug-likeness (QED) is 0.833. The zero-order valence-corrected chi connectivity index (χ0v) is 11.4. The van der Waals surface area contributed by atoms with Crippen LogP contribution in [0.3, 0.4) is 0 Å². The number of aromatic nitrogens is 2. The molecule has 0 spiro atoms.